The zero-order chi connectivity index (χ0) is 18.8. The second-order valence-corrected chi connectivity index (χ2v) is 6.63. The predicted molar refractivity (Wildman–Crippen MR) is 96.4 cm³/mol. The van der Waals surface area contributed by atoms with Gasteiger partial charge in [0, 0.05) is 12.6 Å². The van der Waals surface area contributed by atoms with Gasteiger partial charge in [-0.15, -0.1) is 10.2 Å². The van der Waals surface area contributed by atoms with Crippen molar-refractivity contribution in [1.82, 2.24) is 24.7 Å². The zero-order valence-corrected chi connectivity index (χ0v) is 15.3. The molecule has 1 aromatic carbocycles. The second kappa shape index (κ2) is 7.19. The van der Waals surface area contributed by atoms with E-state index in [0.717, 1.165) is 11.1 Å². The predicted octanol–water partition coefficient (Wildman–Crippen LogP) is 3.61. The van der Waals surface area contributed by atoms with E-state index in [0.29, 0.717) is 17.8 Å². The first-order valence-corrected chi connectivity index (χ1v) is 8.66. The average Bonchev–Trinajstić information content (AvgIpc) is 3.10. The van der Waals surface area contributed by atoms with E-state index in [1.165, 1.54) is 23.0 Å². The molecule has 0 bridgehead atoms. The maximum atomic E-state index is 13.2. The summed E-state index contributed by atoms with van der Waals surface area (Å²) in [6, 6.07) is 7.87. The molecule has 0 N–H and O–H groups in total. The van der Waals surface area contributed by atoms with Crippen molar-refractivity contribution in [2.75, 3.05) is 7.05 Å². The fourth-order valence-corrected chi connectivity index (χ4v) is 3.12. The molecular formula is C19H22FN5O. The summed E-state index contributed by atoms with van der Waals surface area (Å²) in [5.74, 6) is -0.307. The standard InChI is InChI=1S/C19H22FN5O/c1-5-17(13-6-8-14(20)9-7-13)24(4)19(26)16-10-15(12(2)3)18-22-21-11-25(18)23-16/h6-12,17H,5H2,1-4H3. The van der Waals surface area contributed by atoms with Crippen molar-refractivity contribution in [2.24, 2.45) is 0 Å². The van der Waals surface area contributed by atoms with Gasteiger partial charge in [0.1, 0.15) is 17.8 Å². The molecule has 2 heterocycles. The minimum atomic E-state index is -0.293. The lowest BCUT2D eigenvalue weighted by Crippen LogP contribution is -2.32. The van der Waals surface area contributed by atoms with Gasteiger partial charge in [0.25, 0.3) is 5.91 Å². The summed E-state index contributed by atoms with van der Waals surface area (Å²) in [6.07, 6.45) is 2.20. The molecule has 0 aliphatic heterocycles. The molecule has 7 heteroatoms. The van der Waals surface area contributed by atoms with Crippen molar-refractivity contribution in [3.05, 3.63) is 59.3 Å². The molecule has 136 valence electrons. The Labute approximate surface area is 151 Å². The van der Waals surface area contributed by atoms with E-state index in [4.69, 9.17) is 0 Å². The summed E-state index contributed by atoms with van der Waals surface area (Å²) in [5.41, 5.74) is 2.80. The molecule has 0 saturated carbocycles. The van der Waals surface area contributed by atoms with Gasteiger partial charge in [0.05, 0.1) is 6.04 Å². The van der Waals surface area contributed by atoms with E-state index in [1.807, 2.05) is 20.8 Å². The van der Waals surface area contributed by atoms with Crippen molar-refractivity contribution in [3.63, 3.8) is 0 Å². The molecule has 1 amide bonds. The van der Waals surface area contributed by atoms with Crippen LogP contribution in [0, 0.1) is 5.82 Å². The van der Waals surface area contributed by atoms with E-state index < -0.39 is 0 Å². The van der Waals surface area contributed by atoms with Gasteiger partial charge in [-0.1, -0.05) is 32.9 Å². The minimum Gasteiger partial charge on any atom is -0.333 e. The lowest BCUT2D eigenvalue weighted by molar-refractivity contribution is 0.0718. The van der Waals surface area contributed by atoms with Crippen molar-refractivity contribution in [3.8, 4) is 0 Å². The third-order valence-corrected chi connectivity index (χ3v) is 4.57. The van der Waals surface area contributed by atoms with Crippen LogP contribution in [0.3, 0.4) is 0 Å². The van der Waals surface area contributed by atoms with E-state index in [1.54, 1.807) is 30.1 Å². The molecule has 0 fully saturated rings. The van der Waals surface area contributed by atoms with Gasteiger partial charge < -0.3 is 4.90 Å². The third kappa shape index (κ3) is 3.29. The van der Waals surface area contributed by atoms with E-state index in [-0.39, 0.29) is 23.7 Å². The Kier molecular flexibility index (Phi) is 4.97. The maximum absolute atomic E-state index is 13.2. The van der Waals surface area contributed by atoms with Gasteiger partial charge in [-0.3, -0.25) is 4.79 Å². The molecule has 1 unspecified atom stereocenters. The van der Waals surface area contributed by atoms with Crippen molar-refractivity contribution in [1.29, 1.82) is 0 Å². The second-order valence-electron chi connectivity index (χ2n) is 6.63. The monoisotopic (exact) mass is 355 g/mol. The number of halogens is 1. The van der Waals surface area contributed by atoms with Gasteiger partial charge in [-0.2, -0.15) is 9.61 Å². The van der Waals surface area contributed by atoms with E-state index in [9.17, 15) is 9.18 Å². The summed E-state index contributed by atoms with van der Waals surface area (Å²) < 4.78 is 14.7. The molecule has 0 aliphatic carbocycles. The Morgan fingerprint density at radius 2 is 1.96 bits per heavy atom. The number of amides is 1. The van der Waals surface area contributed by atoms with Crippen LogP contribution >= 0.6 is 0 Å². The van der Waals surface area contributed by atoms with E-state index in [2.05, 4.69) is 15.3 Å². The molecule has 1 atom stereocenters. The van der Waals surface area contributed by atoms with Crippen molar-refractivity contribution in [2.45, 2.75) is 39.2 Å². The number of carbonyl (C=O) groups is 1. The average molecular weight is 355 g/mol. The van der Waals surface area contributed by atoms with Gasteiger partial charge >= 0.3 is 0 Å². The summed E-state index contributed by atoms with van der Waals surface area (Å²) >= 11 is 0. The van der Waals surface area contributed by atoms with Crippen LogP contribution < -0.4 is 0 Å². The Morgan fingerprint density at radius 3 is 2.58 bits per heavy atom. The third-order valence-electron chi connectivity index (χ3n) is 4.57. The quantitative estimate of drug-likeness (QED) is 0.701. The highest BCUT2D eigenvalue weighted by Crippen LogP contribution is 2.26. The molecule has 26 heavy (non-hydrogen) atoms. The van der Waals surface area contributed by atoms with Crippen LogP contribution in [0.1, 0.15) is 60.8 Å². The van der Waals surface area contributed by atoms with Crippen LogP contribution in [0.25, 0.3) is 5.65 Å². The number of rotatable bonds is 5. The smallest absolute Gasteiger partial charge is 0.274 e. The number of fused-ring (bicyclic) bond motifs is 1. The largest absolute Gasteiger partial charge is 0.333 e. The highest BCUT2D eigenvalue weighted by Gasteiger charge is 2.24. The number of nitrogens with zero attached hydrogens (tertiary/aromatic N) is 5. The van der Waals surface area contributed by atoms with Gasteiger partial charge in [0.15, 0.2) is 5.65 Å². The first-order valence-electron chi connectivity index (χ1n) is 8.66. The summed E-state index contributed by atoms with van der Waals surface area (Å²) in [5, 5.41) is 12.3. The molecule has 3 rings (SSSR count). The van der Waals surface area contributed by atoms with Gasteiger partial charge in [0.2, 0.25) is 0 Å². The van der Waals surface area contributed by atoms with Crippen LogP contribution in [-0.2, 0) is 0 Å². The molecule has 0 radical (unpaired) electrons. The number of aromatic nitrogens is 4. The molecule has 3 aromatic rings. The van der Waals surface area contributed by atoms with Gasteiger partial charge in [-0.05, 0) is 36.1 Å². The Hall–Kier alpha value is -2.83. The first kappa shape index (κ1) is 18.0. The van der Waals surface area contributed by atoms with Crippen LogP contribution in [0.4, 0.5) is 4.39 Å². The zero-order valence-electron chi connectivity index (χ0n) is 15.3. The molecule has 0 aliphatic rings. The number of carbonyl (C=O) groups excluding carboxylic acids is 1. The Morgan fingerprint density at radius 1 is 1.27 bits per heavy atom. The molecule has 2 aromatic heterocycles. The molecule has 6 nitrogen and oxygen atoms in total. The van der Waals surface area contributed by atoms with Crippen molar-refractivity contribution >= 4 is 11.6 Å². The topological polar surface area (TPSA) is 63.4 Å². The fourth-order valence-electron chi connectivity index (χ4n) is 3.12. The minimum absolute atomic E-state index is 0.163. The van der Waals surface area contributed by atoms with Crippen LogP contribution in [0.15, 0.2) is 36.7 Å². The summed E-state index contributed by atoms with van der Waals surface area (Å²) in [4.78, 5) is 14.7. The Balaban J connectivity index is 1.97. The molecular weight excluding hydrogens is 333 g/mol. The normalized spacial score (nSPS) is 12.5. The maximum Gasteiger partial charge on any atom is 0.274 e. The Bertz CT molecular complexity index is 919. The van der Waals surface area contributed by atoms with Gasteiger partial charge in [-0.25, -0.2) is 4.39 Å². The van der Waals surface area contributed by atoms with Crippen molar-refractivity contribution < 1.29 is 9.18 Å². The molecule has 0 saturated heterocycles. The summed E-state index contributed by atoms with van der Waals surface area (Å²) in [6.45, 7) is 6.07. The van der Waals surface area contributed by atoms with Crippen LogP contribution in [0.2, 0.25) is 0 Å². The SMILES string of the molecule is CCC(c1ccc(F)cc1)N(C)C(=O)c1cc(C(C)C)c2nncn2n1. The molecule has 0 spiro atoms. The summed E-state index contributed by atoms with van der Waals surface area (Å²) in [7, 11) is 1.74. The fraction of sp³-hybridized carbons (Fsp3) is 0.368. The highest BCUT2D eigenvalue weighted by atomic mass is 19.1. The van der Waals surface area contributed by atoms with E-state index >= 15 is 0 Å². The lowest BCUT2D eigenvalue weighted by atomic mass is 10.0. The van der Waals surface area contributed by atoms with Crippen LogP contribution in [-0.4, -0.2) is 37.7 Å². The van der Waals surface area contributed by atoms with Crippen LogP contribution in [0.5, 0.6) is 0 Å². The highest BCUT2D eigenvalue weighted by molar-refractivity contribution is 5.92. The number of hydrogen-bond donors (Lipinski definition) is 0. The number of benzene rings is 1. The number of hydrogen-bond acceptors (Lipinski definition) is 4. The lowest BCUT2D eigenvalue weighted by Gasteiger charge is -2.27. The first-order chi connectivity index (χ1) is 12.4.